The number of benzene rings is 3. The molecule has 0 saturated carbocycles. The molecule has 6 heteroatoms. The van der Waals surface area contributed by atoms with Crippen molar-refractivity contribution in [3.8, 4) is 22.7 Å². The van der Waals surface area contributed by atoms with Crippen LogP contribution in [0.25, 0.3) is 16.9 Å². The van der Waals surface area contributed by atoms with Crippen LogP contribution in [-0.4, -0.2) is 22.8 Å². The van der Waals surface area contributed by atoms with Gasteiger partial charge in [0.05, 0.1) is 24.1 Å². The predicted molar refractivity (Wildman–Crippen MR) is 121 cm³/mol. The molecule has 0 radical (unpaired) electrons. The van der Waals surface area contributed by atoms with E-state index < -0.39 is 0 Å². The zero-order valence-electron chi connectivity index (χ0n) is 16.4. The standard InChI is InChI=1S/C24H20BrN3O2/c1-30-20-12-13-22(25)21(14-20)24(29)26-15-18-16-28(19-10-6-3-7-11-19)27-23(18)17-8-4-2-5-9-17/h2-14,16H,15H2,1H3,(H,26,29). The topological polar surface area (TPSA) is 56.1 Å². The number of nitrogens with zero attached hydrogens (tertiary/aromatic N) is 2. The summed E-state index contributed by atoms with van der Waals surface area (Å²) in [6, 6.07) is 25.2. The van der Waals surface area contributed by atoms with E-state index >= 15 is 0 Å². The van der Waals surface area contributed by atoms with Gasteiger partial charge in [0, 0.05) is 28.3 Å². The van der Waals surface area contributed by atoms with Gasteiger partial charge >= 0.3 is 0 Å². The number of methoxy groups -OCH3 is 1. The highest BCUT2D eigenvalue weighted by molar-refractivity contribution is 9.10. The Morgan fingerprint density at radius 1 is 1.03 bits per heavy atom. The van der Waals surface area contributed by atoms with Crippen LogP contribution in [0.2, 0.25) is 0 Å². The van der Waals surface area contributed by atoms with Gasteiger partial charge in [-0.3, -0.25) is 4.79 Å². The van der Waals surface area contributed by atoms with Crippen molar-refractivity contribution in [2.45, 2.75) is 6.54 Å². The number of amides is 1. The van der Waals surface area contributed by atoms with Crippen LogP contribution >= 0.6 is 15.9 Å². The first-order chi connectivity index (χ1) is 14.7. The summed E-state index contributed by atoms with van der Waals surface area (Å²) in [6.45, 7) is 0.347. The monoisotopic (exact) mass is 461 g/mol. The first-order valence-electron chi connectivity index (χ1n) is 9.47. The van der Waals surface area contributed by atoms with Gasteiger partial charge in [0.25, 0.3) is 5.91 Å². The van der Waals surface area contributed by atoms with Gasteiger partial charge in [0.15, 0.2) is 0 Å². The van der Waals surface area contributed by atoms with Crippen LogP contribution in [0.1, 0.15) is 15.9 Å². The number of aromatic nitrogens is 2. The molecule has 30 heavy (non-hydrogen) atoms. The van der Waals surface area contributed by atoms with Crippen molar-refractivity contribution in [2.24, 2.45) is 0 Å². The molecule has 1 heterocycles. The van der Waals surface area contributed by atoms with Gasteiger partial charge in [-0.05, 0) is 46.3 Å². The lowest BCUT2D eigenvalue weighted by molar-refractivity contribution is 0.0950. The highest BCUT2D eigenvalue weighted by Crippen LogP contribution is 2.25. The van der Waals surface area contributed by atoms with Gasteiger partial charge in [-0.25, -0.2) is 4.68 Å². The minimum atomic E-state index is -0.188. The molecule has 1 N–H and O–H groups in total. The molecule has 0 saturated heterocycles. The SMILES string of the molecule is COc1ccc(Br)c(C(=O)NCc2cn(-c3ccccc3)nc2-c2ccccc2)c1. The van der Waals surface area contributed by atoms with E-state index in [4.69, 9.17) is 9.84 Å². The number of halogens is 1. The van der Waals surface area contributed by atoms with Gasteiger partial charge < -0.3 is 10.1 Å². The smallest absolute Gasteiger partial charge is 0.252 e. The largest absolute Gasteiger partial charge is 0.497 e. The molecule has 0 bridgehead atoms. The number of carbonyl (C=O) groups is 1. The van der Waals surface area contributed by atoms with Crippen LogP contribution < -0.4 is 10.1 Å². The fourth-order valence-corrected chi connectivity index (χ4v) is 3.59. The molecule has 0 atom stereocenters. The lowest BCUT2D eigenvalue weighted by Crippen LogP contribution is -2.23. The van der Waals surface area contributed by atoms with Crippen LogP contribution in [0.4, 0.5) is 0 Å². The predicted octanol–water partition coefficient (Wildman–Crippen LogP) is 5.24. The van der Waals surface area contributed by atoms with Gasteiger partial charge in [0.1, 0.15) is 5.75 Å². The van der Waals surface area contributed by atoms with Crippen molar-refractivity contribution in [1.82, 2.24) is 15.1 Å². The molecule has 0 aliphatic rings. The Bertz CT molecular complexity index is 1160. The number of para-hydroxylation sites is 1. The molecule has 0 unspecified atom stereocenters. The van der Waals surface area contributed by atoms with Gasteiger partial charge in [-0.15, -0.1) is 0 Å². The summed E-state index contributed by atoms with van der Waals surface area (Å²) in [7, 11) is 1.58. The van der Waals surface area contributed by atoms with Crippen LogP contribution in [0.15, 0.2) is 89.5 Å². The minimum absolute atomic E-state index is 0.188. The Balaban J connectivity index is 1.63. The number of ether oxygens (including phenoxy) is 1. The number of hydrogen-bond acceptors (Lipinski definition) is 3. The first kappa shape index (κ1) is 19.9. The van der Waals surface area contributed by atoms with Crippen LogP contribution in [0, 0.1) is 0 Å². The molecule has 0 fully saturated rings. The summed E-state index contributed by atoms with van der Waals surface area (Å²) >= 11 is 3.44. The third-order valence-corrected chi connectivity index (χ3v) is 5.41. The van der Waals surface area contributed by atoms with E-state index in [1.54, 1.807) is 25.3 Å². The third-order valence-electron chi connectivity index (χ3n) is 4.72. The van der Waals surface area contributed by atoms with E-state index in [1.165, 1.54) is 0 Å². The zero-order chi connectivity index (χ0) is 20.9. The van der Waals surface area contributed by atoms with Crippen LogP contribution in [0.3, 0.4) is 0 Å². The Labute approximate surface area is 183 Å². The number of carbonyl (C=O) groups excluding carboxylic acids is 1. The summed E-state index contributed by atoms with van der Waals surface area (Å²) in [4.78, 5) is 12.8. The maximum Gasteiger partial charge on any atom is 0.252 e. The van der Waals surface area contributed by atoms with Gasteiger partial charge in [0.2, 0.25) is 0 Å². The Hall–Kier alpha value is -3.38. The Morgan fingerprint density at radius 2 is 1.73 bits per heavy atom. The number of rotatable bonds is 6. The lowest BCUT2D eigenvalue weighted by atomic mass is 10.1. The third kappa shape index (κ3) is 4.28. The maximum atomic E-state index is 12.8. The van der Waals surface area contributed by atoms with Crippen LogP contribution in [-0.2, 0) is 6.54 Å². The fraction of sp³-hybridized carbons (Fsp3) is 0.0833. The summed E-state index contributed by atoms with van der Waals surface area (Å²) in [5.41, 5.74) is 4.25. The van der Waals surface area contributed by atoms with Gasteiger partial charge in [-0.1, -0.05) is 48.5 Å². The average Bonchev–Trinajstić information content (AvgIpc) is 3.23. The van der Waals surface area contributed by atoms with E-state index in [2.05, 4.69) is 21.2 Å². The second-order valence-corrected chi connectivity index (χ2v) is 7.53. The molecule has 150 valence electrons. The lowest BCUT2D eigenvalue weighted by Gasteiger charge is -2.09. The molecule has 1 aromatic heterocycles. The number of hydrogen-bond donors (Lipinski definition) is 1. The van der Waals surface area contributed by atoms with Crippen molar-refractivity contribution in [3.63, 3.8) is 0 Å². The Morgan fingerprint density at radius 3 is 2.43 bits per heavy atom. The molecular formula is C24H20BrN3O2. The molecule has 4 aromatic rings. The number of nitrogens with one attached hydrogen (secondary N) is 1. The molecule has 5 nitrogen and oxygen atoms in total. The van der Waals surface area contributed by atoms with Crippen LogP contribution in [0.5, 0.6) is 5.75 Å². The van der Waals surface area contributed by atoms with Crippen molar-refractivity contribution in [3.05, 3.63) is 101 Å². The summed E-state index contributed by atoms with van der Waals surface area (Å²) in [5, 5.41) is 7.79. The molecular weight excluding hydrogens is 442 g/mol. The van der Waals surface area contributed by atoms with Crippen molar-refractivity contribution < 1.29 is 9.53 Å². The first-order valence-corrected chi connectivity index (χ1v) is 10.3. The normalized spacial score (nSPS) is 10.6. The molecule has 0 spiro atoms. The maximum absolute atomic E-state index is 12.8. The minimum Gasteiger partial charge on any atom is -0.497 e. The van der Waals surface area contributed by atoms with Gasteiger partial charge in [-0.2, -0.15) is 5.10 Å². The van der Waals surface area contributed by atoms with E-state index in [0.717, 1.165) is 22.5 Å². The zero-order valence-corrected chi connectivity index (χ0v) is 18.0. The summed E-state index contributed by atoms with van der Waals surface area (Å²) in [5.74, 6) is 0.442. The van der Waals surface area contributed by atoms with Crippen molar-refractivity contribution >= 4 is 21.8 Å². The Kier molecular flexibility index (Phi) is 5.95. The second kappa shape index (κ2) is 8.97. The molecule has 0 aliphatic carbocycles. The van der Waals surface area contributed by atoms with E-state index in [0.29, 0.717) is 22.3 Å². The van der Waals surface area contributed by atoms with E-state index in [-0.39, 0.29) is 5.91 Å². The summed E-state index contributed by atoms with van der Waals surface area (Å²) < 4.78 is 7.79. The average molecular weight is 462 g/mol. The fourth-order valence-electron chi connectivity index (χ4n) is 3.17. The highest BCUT2D eigenvalue weighted by atomic mass is 79.9. The second-order valence-electron chi connectivity index (χ2n) is 6.68. The summed E-state index contributed by atoms with van der Waals surface area (Å²) in [6.07, 6.45) is 1.96. The van der Waals surface area contributed by atoms with E-state index in [1.807, 2.05) is 71.5 Å². The quantitative estimate of drug-likeness (QED) is 0.427. The van der Waals surface area contributed by atoms with Crippen molar-refractivity contribution in [2.75, 3.05) is 7.11 Å². The van der Waals surface area contributed by atoms with E-state index in [9.17, 15) is 4.79 Å². The molecule has 1 amide bonds. The molecule has 4 rings (SSSR count). The molecule has 3 aromatic carbocycles. The van der Waals surface area contributed by atoms with Crippen molar-refractivity contribution in [1.29, 1.82) is 0 Å². The highest BCUT2D eigenvalue weighted by Gasteiger charge is 2.15. The molecule has 0 aliphatic heterocycles.